The predicted octanol–water partition coefficient (Wildman–Crippen LogP) is 3.31. The van der Waals surface area contributed by atoms with Crippen molar-refractivity contribution in [3.8, 4) is 5.75 Å². The fraction of sp³-hybridized carbons (Fsp3) is 0.125. The largest absolute Gasteiger partial charge is 0.486 e. The Balaban J connectivity index is 2.06. The second-order valence-electron chi connectivity index (χ2n) is 4.49. The first kappa shape index (κ1) is 14.7. The molecule has 0 aliphatic rings. The van der Waals surface area contributed by atoms with Crippen LogP contribution in [0.4, 0.5) is 4.39 Å². The number of ketones is 1. The second kappa shape index (κ2) is 6.17. The third-order valence-corrected chi connectivity index (χ3v) is 2.93. The molecule has 4 nitrogen and oxygen atoms in total. The third-order valence-electron chi connectivity index (χ3n) is 2.93. The van der Waals surface area contributed by atoms with Crippen LogP contribution in [0.1, 0.15) is 33.2 Å². The lowest BCUT2D eigenvalue weighted by Crippen LogP contribution is -2.01. The zero-order valence-electron chi connectivity index (χ0n) is 11.3. The van der Waals surface area contributed by atoms with Gasteiger partial charge in [0.05, 0.1) is 5.56 Å². The Kier molecular flexibility index (Phi) is 4.33. The predicted molar refractivity (Wildman–Crippen MR) is 74.1 cm³/mol. The van der Waals surface area contributed by atoms with Crippen LogP contribution >= 0.6 is 0 Å². The van der Waals surface area contributed by atoms with E-state index in [2.05, 4.69) is 0 Å². The van der Waals surface area contributed by atoms with Crippen molar-refractivity contribution < 1.29 is 23.8 Å². The molecule has 0 aliphatic heterocycles. The highest BCUT2D eigenvalue weighted by Gasteiger charge is 2.08. The maximum absolute atomic E-state index is 13.7. The number of benzene rings is 2. The Morgan fingerprint density at radius 1 is 1.10 bits per heavy atom. The van der Waals surface area contributed by atoms with Gasteiger partial charge >= 0.3 is 5.97 Å². The molecule has 2 aromatic rings. The van der Waals surface area contributed by atoms with Gasteiger partial charge in [-0.2, -0.15) is 0 Å². The number of carbonyl (C=O) groups is 2. The highest BCUT2D eigenvalue weighted by Crippen LogP contribution is 2.20. The molecule has 2 rings (SSSR count). The molecule has 0 amide bonds. The molecule has 0 unspecified atom stereocenters. The van der Waals surface area contributed by atoms with E-state index in [1.165, 1.54) is 31.2 Å². The number of ether oxygens (including phenoxy) is 1. The lowest BCUT2D eigenvalue weighted by atomic mass is 10.1. The van der Waals surface area contributed by atoms with E-state index in [1.807, 2.05) is 0 Å². The van der Waals surface area contributed by atoms with Crippen LogP contribution in [0.2, 0.25) is 0 Å². The molecule has 0 atom stereocenters. The normalized spacial score (nSPS) is 10.2. The number of Topliss-reactive ketones (excluding diaryl/α,β-unsaturated/α-hetero) is 1. The van der Waals surface area contributed by atoms with Gasteiger partial charge in [-0.25, -0.2) is 9.18 Å². The number of rotatable bonds is 5. The number of carboxylic acid groups (broad SMARTS) is 1. The SMILES string of the molecule is CC(=O)c1ccc(OCc2ccc(C(=O)O)cc2)c(F)c1. The van der Waals surface area contributed by atoms with Crippen LogP contribution in [0, 0.1) is 5.82 Å². The Bertz CT molecular complexity index is 677. The Morgan fingerprint density at radius 3 is 2.24 bits per heavy atom. The molecule has 2 aromatic carbocycles. The van der Waals surface area contributed by atoms with Gasteiger partial charge in [-0.3, -0.25) is 4.79 Å². The Hall–Kier alpha value is -2.69. The number of halogens is 1. The molecule has 0 heterocycles. The minimum Gasteiger partial charge on any atom is -0.486 e. The van der Waals surface area contributed by atoms with Crippen LogP contribution in [0.15, 0.2) is 42.5 Å². The first-order valence-electron chi connectivity index (χ1n) is 6.23. The second-order valence-corrected chi connectivity index (χ2v) is 4.49. The van der Waals surface area contributed by atoms with Gasteiger partial charge in [-0.05, 0) is 42.8 Å². The van der Waals surface area contributed by atoms with Gasteiger partial charge < -0.3 is 9.84 Å². The Morgan fingerprint density at radius 2 is 1.71 bits per heavy atom. The molecule has 21 heavy (non-hydrogen) atoms. The van der Waals surface area contributed by atoms with Gasteiger partial charge in [0, 0.05) is 5.56 Å². The van der Waals surface area contributed by atoms with E-state index in [9.17, 15) is 14.0 Å². The lowest BCUT2D eigenvalue weighted by molar-refractivity contribution is 0.0696. The van der Waals surface area contributed by atoms with Crippen molar-refractivity contribution in [2.45, 2.75) is 13.5 Å². The zero-order chi connectivity index (χ0) is 15.4. The molecule has 1 N–H and O–H groups in total. The lowest BCUT2D eigenvalue weighted by Gasteiger charge is -2.08. The van der Waals surface area contributed by atoms with Gasteiger partial charge in [-0.1, -0.05) is 12.1 Å². The van der Waals surface area contributed by atoms with E-state index < -0.39 is 11.8 Å². The standard InChI is InChI=1S/C16H13FO4/c1-10(18)13-6-7-15(14(17)8-13)21-9-11-2-4-12(5-3-11)16(19)20/h2-8H,9H2,1H3,(H,19,20). The van der Waals surface area contributed by atoms with E-state index in [-0.39, 0.29) is 29.3 Å². The highest BCUT2D eigenvalue weighted by molar-refractivity contribution is 5.94. The summed E-state index contributed by atoms with van der Waals surface area (Å²) in [5.41, 5.74) is 1.18. The maximum atomic E-state index is 13.7. The topological polar surface area (TPSA) is 63.6 Å². The van der Waals surface area contributed by atoms with Gasteiger partial charge in [0.25, 0.3) is 0 Å². The van der Waals surface area contributed by atoms with E-state index in [0.717, 1.165) is 11.6 Å². The summed E-state index contributed by atoms with van der Waals surface area (Å²) >= 11 is 0. The average Bonchev–Trinajstić information content (AvgIpc) is 2.46. The summed E-state index contributed by atoms with van der Waals surface area (Å²) in [4.78, 5) is 21.8. The summed E-state index contributed by atoms with van der Waals surface area (Å²) in [6.07, 6.45) is 0. The molecule has 5 heteroatoms. The molecule has 0 spiro atoms. The number of hydrogen-bond acceptors (Lipinski definition) is 3. The monoisotopic (exact) mass is 288 g/mol. The molecule has 0 fully saturated rings. The number of aromatic carboxylic acids is 1. The third kappa shape index (κ3) is 3.66. The van der Waals surface area contributed by atoms with Gasteiger partial charge in [0.1, 0.15) is 6.61 Å². The van der Waals surface area contributed by atoms with Crippen LogP contribution in [-0.2, 0) is 6.61 Å². The summed E-state index contributed by atoms with van der Waals surface area (Å²) in [5, 5.41) is 8.78. The summed E-state index contributed by atoms with van der Waals surface area (Å²) in [6.45, 7) is 1.47. The van der Waals surface area contributed by atoms with Crippen molar-refractivity contribution in [3.05, 3.63) is 65.0 Å². The fourth-order valence-electron chi connectivity index (χ4n) is 1.74. The summed E-state index contributed by atoms with van der Waals surface area (Å²) in [7, 11) is 0. The minimum atomic E-state index is -1.01. The summed E-state index contributed by atoms with van der Waals surface area (Å²) in [6, 6.07) is 10.1. The minimum absolute atomic E-state index is 0.0438. The summed E-state index contributed by atoms with van der Waals surface area (Å²) < 4.78 is 19.1. The molecule has 0 radical (unpaired) electrons. The molecule has 0 saturated heterocycles. The molecule has 0 aromatic heterocycles. The molecule has 108 valence electrons. The maximum Gasteiger partial charge on any atom is 0.335 e. The Labute approximate surface area is 120 Å². The van der Waals surface area contributed by atoms with Crippen LogP contribution < -0.4 is 4.74 Å². The van der Waals surface area contributed by atoms with E-state index in [0.29, 0.717) is 0 Å². The van der Waals surface area contributed by atoms with Gasteiger partial charge in [0.2, 0.25) is 0 Å². The van der Waals surface area contributed by atoms with Crippen molar-refractivity contribution in [1.29, 1.82) is 0 Å². The number of carboxylic acids is 1. The van der Waals surface area contributed by atoms with Crippen LogP contribution in [0.3, 0.4) is 0 Å². The van der Waals surface area contributed by atoms with E-state index >= 15 is 0 Å². The average molecular weight is 288 g/mol. The molecule has 0 aliphatic carbocycles. The van der Waals surface area contributed by atoms with Crippen molar-refractivity contribution in [1.82, 2.24) is 0 Å². The van der Waals surface area contributed by atoms with Crippen molar-refractivity contribution in [3.63, 3.8) is 0 Å². The number of carbonyl (C=O) groups excluding carboxylic acids is 1. The van der Waals surface area contributed by atoms with Crippen molar-refractivity contribution in [2.24, 2.45) is 0 Å². The molecular formula is C16H13FO4. The fourth-order valence-corrected chi connectivity index (χ4v) is 1.74. The molecule has 0 bridgehead atoms. The highest BCUT2D eigenvalue weighted by atomic mass is 19.1. The quantitative estimate of drug-likeness (QED) is 0.857. The molecule has 0 saturated carbocycles. The molecular weight excluding hydrogens is 275 g/mol. The zero-order valence-corrected chi connectivity index (χ0v) is 11.3. The van der Waals surface area contributed by atoms with Gasteiger partial charge in [0.15, 0.2) is 17.3 Å². The van der Waals surface area contributed by atoms with Gasteiger partial charge in [-0.15, -0.1) is 0 Å². The van der Waals surface area contributed by atoms with Crippen LogP contribution in [-0.4, -0.2) is 16.9 Å². The first-order chi connectivity index (χ1) is 9.97. The first-order valence-corrected chi connectivity index (χ1v) is 6.23. The number of hydrogen-bond donors (Lipinski definition) is 1. The van der Waals surface area contributed by atoms with Crippen LogP contribution in [0.5, 0.6) is 5.75 Å². The van der Waals surface area contributed by atoms with Crippen molar-refractivity contribution >= 4 is 11.8 Å². The smallest absolute Gasteiger partial charge is 0.335 e. The van der Waals surface area contributed by atoms with E-state index in [4.69, 9.17) is 9.84 Å². The van der Waals surface area contributed by atoms with E-state index in [1.54, 1.807) is 12.1 Å². The van der Waals surface area contributed by atoms with Crippen molar-refractivity contribution in [2.75, 3.05) is 0 Å². The van der Waals surface area contributed by atoms with Crippen LogP contribution in [0.25, 0.3) is 0 Å². The summed E-state index contributed by atoms with van der Waals surface area (Å²) in [5.74, 6) is -1.79.